The van der Waals surface area contributed by atoms with Gasteiger partial charge in [-0.2, -0.15) is 0 Å². The summed E-state index contributed by atoms with van der Waals surface area (Å²) < 4.78 is 8.09. The topological polar surface area (TPSA) is 46.8 Å². The number of aliphatic hydroxyl groups is 1. The van der Waals surface area contributed by atoms with Gasteiger partial charge in [-0.05, 0) is 46.6 Å². The van der Waals surface area contributed by atoms with Crippen LogP contribution in [0.2, 0.25) is 0 Å². The maximum atomic E-state index is 9.77. The summed E-state index contributed by atoms with van der Waals surface area (Å²) in [7, 11) is 1.63. The molecule has 4 nitrogen and oxygen atoms in total. The van der Waals surface area contributed by atoms with Crippen LogP contribution < -0.4 is 4.74 Å². The van der Waals surface area contributed by atoms with E-state index in [1.165, 1.54) is 0 Å². The van der Waals surface area contributed by atoms with Gasteiger partial charge in [-0.3, -0.25) is 4.40 Å². The Kier molecular flexibility index (Phi) is 3.69. The third-order valence-electron chi connectivity index (χ3n) is 3.40. The van der Waals surface area contributed by atoms with Gasteiger partial charge >= 0.3 is 0 Å². The van der Waals surface area contributed by atoms with E-state index >= 15 is 0 Å². The summed E-state index contributed by atoms with van der Waals surface area (Å²) in [6, 6.07) is 9.70. The lowest BCUT2D eigenvalue weighted by molar-refractivity contribution is 0.276. The van der Waals surface area contributed by atoms with Gasteiger partial charge < -0.3 is 9.84 Å². The Morgan fingerprint density at radius 1 is 1.33 bits per heavy atom. The molecule has 0 saturated heterocycles. The van der Waals surface area contributed by atoms with Gasteiger partial charge in [0.1, 0.15) is 5.75 Å². The number of aryl methyl sites for hydroxylation is 1. The van der Waals surface area contributed by atoms with Crippen LogP contribution in [-0.2, 0) is 6.61 Å². The van der Waals surface area contributed by atoms with Crippen LogP contribution in [-0.4, -0.2) is 21.6 Å². The van der Waals surface area contributed by atoms with Gasteiger partial charge in [0.2, 0.25) is 0 Å². The minimum Gasteiger partial charge on any atom is -0.497 e. The highest BCUT2D eigenvalue weighted by molar-refractivity contribution is 9.10. The van der Waals surface area contributed by atoms with E-state index in [1.54, 1.807) is 7.11 Å². The molecule has 5 heteroatoms. The lowest BCUT2D eigenvalue weighted by atomic mass is 10.1. The fraction of sp³-hybridized carbons (Fsp3) is 0.188. The van der Waals surface area contributed by atoms with Gasteiger partial charge in [0.25, 0.3) is 0 Å². The minimum absolute atomic E-state index is 0.0798. The van der Waals surface area contributed by atoms with Crippen molar-refractivity contribution in [1.82, 2.24) is 9.38 Å². The average Bonchev–Trinajstić information content (AvgIpc) is 2.86. The third kappa shape index (κ3) is 2.43. The first-order valence-corrected chi connectivity index (χ1v) is 7.35. The van der Waals surface area contributed by atoms with Crippen LogP contribution in [0.15, 0.2) is 41.0 Å². The Hall–Kier alpha value is -1.85. The number of nitrogens with zero attached hydrogens (tertiary/aromatic N) is 2. The zero-order valence-electron chi connectivity index (χ0n) is 11.8. The predicted molar refractivity (Wildman–Crippen MR) is 85.5 cm³/mol. The van der Waals surface area contributed by atoms with E-state index in [-0.39, 0.29) is 6.61 Å². The van der Waals surface area contributed by atoms with Crippen LogP contribution in [0.3, 0.4) is 0 Å². The molecule has 0 fully saturated rings. The Labute approximate surface area is 131 Å². The van der Waals surface area contributed by atoms with Crippen molar-refractivity contribution in [2.75, 3.05) is 7.11 Å². The molecule has 0 unspecified atom stereocenters. The molecular weight excluding hydrogens is 332 g/mol. The van der Waals surface area contributed by atoms with Gasteiger partial charge in [-0.25, -0.2) is 4.98 Å². The number of ether oxygens (including phenoxy) is 1. The fourth-order valence-electron chi connectivity index (χ4n) is 2.43. The SMILES string of the molecule is COc1cccc(-c2nc3c(Br)cc(C)cn3c2CO)c1. The number of hydrogen-bond donors (Lipinski definition) is 1. The Bertz CT molecular complexity index is 811. The molecule has 0 bridgehead atoms. The summed E-state index contributed by atoms with van der Waals surface area (Å²) in [5, 5.41) is 9.77. The molecule has 3 aromatic rings. The van der Waals surface area contributed by atoms with E-state index in [0.29, 0.717) is 0 Å². The highest BCUT2D eigenvalue weighted by Gasteiger charge is 2.15. The highest BCUT2D eigenvalue weighted by Crippen LogP contribution is 2.30. The van der Waals surface area contributed by atoms with E-state index in [9.17, 15) is 5.11 Å². The van der Waals surface area contributed by atoms with Crippen LogP contribution >= 0.6 is 15.9 Å². The minimum atomic E-state index is -0.0798. The second kappa shape index (κ2) is 5.50. The van der Waals surface area contributed by atoms with E-state index in [2.05, 4.69) is 20.9 Å². The largest absolute Gasteiger partial charge is 0.497 e. The normalized spacial score (nSPS) is 11.0. The molecule has 3 rings (SSSR count). The molecule has 0 aliphatic heterocycles. The molecule has 2 heterocycles. The van der Waals surface area contributed by atoms with E-state index in [0.717, 1.165) is 38.4 Å². The summed E-state index contributed by atoms with van der Waals surface area (Å²) in [5.41, 5.74) is 4.35. The molecule has 0 saturated carbocycles. The maximum absolute atomic E-state index is 9.77. The van der Waals surface area contributed by atoms with Crippen molar-refractivity contribution in [1.29, 1.82) is 0 Å². The zero-order chi connectivity index (χ0) is 15.0. The lowest BCUT2D eigenvalue weighted by Crippen LogP contribution is -1.95. The van der Waals surface area contributed by atoms with Crippen LogP contribution in [0, 0.1) is 6.92 Å². The summed E-state index contributed by atoms with van der Waals surface area (Å²) in [6.45, 7) is 1.93. The van der Waals surface area contributed by atoms with Crippen molar-refractivity contribution < 1.29 is 9.84 Å². The molecule has 0 aliphatic carbocycles. The van der Waals surface area contributed by atoms with Gasteiger partial charge in [0.15, 0.2) is 5.65 Å². The molecule has 2 aromatic heterocycles. The molecular formula is C16H15BrN2O2. The number of pyridine rings is 1. The zero-order valence-corrected chi connectivity index (χ0v) is 13.4. The van der Waals surface area contributed by atoms with Crippen LogP contribution in [0.25, 0.3) is 16.9 Å². The van der Waals surface area contributed by atoms with Crippen molar-refractivity contribution in [3.8, 4) is 17.0 Å². The molecule has 1 N–H and O–H groups in total. The van der Waals surface area contributed by atoms with Crippen LogP contribution in [0.1, 0.15) is 11.3 Å². The molecule has 0 spiro atoms. The molecule has 0 radical (unpaired) electrons. The van der Waals surface area contributed by atoms with Gasteiger partial charge in [-0.1, -0.05) is 12.1 Å². The van der Waals surface area contributed by atoms with Gasteiger partial charge in [0.05, 0.1) is 29.6 Å². The molecule has 1 aromatic carbocycles. The second-order valence-corrected chi connectivity index (χ2v) is 5.71. The highest BCUT2D eigenvalue weighted by atomic mass is 79.9. The van der Waals surface area contributed by atoms with Crippen LogP contribution in [0.5, 0.6) is 5.75 Å². The number of aliphatic hydroxyl groups excluding tert-OH is 1. The number of rotatable bonds is 3. The number of hydrogen-bond acceptors (Lipinski definition) is 3. The quantitative estimate of drug-likeness (QED) is 0.788. The molecule has 0 atom stereocenters. The molecule has 21 heavy (non-hydrogen) atoms. The Morgan fingerprint density at radius 2 is 2.14 bits per heavy atom. The first-order chi connectivity index (χ1) is 10.1. The van der Waals surface area contributed by atoms with Gasteiger partial charge in [-0.15, -0.1) is 0 Å². The maximum Gasteiger partial charge on any atom is 0.152 e. The average molecular weight is 347 g/mol. The number of halogens is 1. The van der Waals surface area contributed by atoms with Crippen molar-refractivity contribution in [3.05, 3.63) is 52.3 Å². The van der Waals surface area contributed by atoms with E-state index in [4.69, 9.17) is 4.74 Å². The summed E-state index contributed by atoms with van der Waals surface area (Å²) in [5.74, 6) is 0.767. The van der Waals surface area contributed by atoms with E-state index < -0.39 is 0 Å². The summed E-state index contributed by atoms with van der Waals surface area (Å²) in [4.78, 5) is 4.67. The predicted octanol–water partition coefficient (Wildman–Crippen LogP) is 3.57. The number of fused-ring (bicyclic) bond motifs is 1. The number of aromatic nitrogens is 2. The molecule has 0 amide bonds. The van der Waals surface area contributed by atoms with E-state index in [1.807, 2.05) is 47.9 Å². The second-order valence-electron chi connectivity index (χ2n) is 4.86. The standard InChI is InChI=1S/C16H15BrN2O2/c1-10-6-13(17)16-18-15(14(9-20)19(16)8-10)11-4-3-5-12(7-11)21-2/h3-8,20H,9H2,1-2H3. The molecule has 108 valence electrons. The number of methoxy groups -OCH3 is 1. The Morgan fingerprint density at radius 3 is 2.86 bits per heavy atom. The fourth-order valence-corrected chi connectivity index (χ4v) is 3.07. The Balaban J connectivity index is 2.29. The first-order valence-electron chi connectivity index (χ1n) is 6.56. The van der Waals surface area contributed by atoms with Gasteiger partial charge in [0, 0.05) is 11.8 Å². The lowest BCUT2D eigenvalue weighted by Gasteiger charge is -2.05. The van der Waals surface area contributed by atoms with Crippen molar-refractivity contribution in [2.24, 2.45) is 0 Å². The first kappa shape index (κ1) is 14.1. The van der Waals surface area contributed by atoms with Crippen molar-refractivity contribution in [3.63, 3.8) is 0 Å². The third-order valence-corrected chi connectivity index (χ3v) is 3.99. The van der Waals surface area contributed by atoms with Crippen LogP contribution in [0.4, 0.5) is 0 Å². The number of benzene rings is 1. The number of imidazole rings is 1. The summed E-state index contributed by atoms with van der Waals surface area (Å²) >= 11 is 3.54. The smallest absolute Gasteiger partial charge is 0.152 e. The van der Waals surface area contributed by atoms with Crippen molar-refractivity contribution in [2.45, 2.75) is 13.5 Å². The monoisotopic (exact) mass is 346 g/mol. The summed E-state index contributed by atoms with van der Waals surface area (Å²) in [6.07, 6.45) is 1.97. The molecule has 0 aliphatic rings. The van der Waals surface area contributed by atoms with Crippen molar-refractivity contribution >= 4 is 21.6 Å².